The van der Waals surface area contributed by atoms with Gasteiger partial charge < -0.3 is 19.4 Å². The standard InChI is InChI=1S/C17H15N7O2/c1-2-12-13-14(26-16(12)20-3-1)15(24-4-6-25-7-5-24)23-17(22-13)21-11-8-18-10-19-9-11/h1-3,8-10H,4-7H2,(H,21,22,23). The lowest BCUT2D eigenvalue weighted by atomic mass is 10.3. The highest BCUT2D eigenvalue weighted by molar-refractivity contribution is 6.05. The van der Waals surface area contributed by atoms with Crippen molar-refractivity contribution in [2.24, 2.45) is 0 Å². The molecule has 1 aliphatic rings. The Kier molecular flexibility index (Phi) is 3.56. The van der Waals surface area contributed by atoms with Crippen LogP contribution in [-0.4, -0.2) is 51.2 Å². The molecule has 0 radical (unpaired) electrons. The molecule has 0 saturated carbocycles. The monoisotopic (exact) mass is 349 g/mol. The lowest BCUT2D eigenvalue weighted by Crippen LogP contribution is -2.37. The molecule has 0 aromatic carbocycles. The van der Waals surface area contributed by atoms with Crippen molar-refractivity contribution in [1.29, 1.82) is 0 Å². The summed E-state index contributed by atoms with van der Waals surface area (Å²) in [6, 6.07) is 3.81. The van der Waals surface area contributed by atoms with Crippen molar-refractivity contribution < 1.29 is 9.15 Å². The number of nitrogens with one attached hydrogen (secondary N) is 1. The highest BCUT2D eigenvalue weighted by atomic mass is 16.5. The lowest BCUT2D eigenvalue weighted by molar-refractivity contribution is 0.122. The molecule has 1 aliphatic heterocycles. The predicted octanol–water partition coefficient (Wildman–Crippen LogP) is 2.14. The zero-order valence-corrected chi connectivity index (χ0v) is 13.8. The number of hydrogen-bond acceptors (Lipinski definition) is 9. The van der Waals surface area contributed by atoms with Crippen LogP contribution in [0.5, 0.6) is 0 Å². The molecule has 5 rings (SSSR count). The van der Waals surface area contributed by atoms with Gasteiger partial charge in [0.25, 0.3) is 0 Å². The third kappa shape index (κ3) is 2.58. The maximum atomic E-state index is 5.97. The van der Waals surface area contributed by atoms with E-state index in [1.165, 1.54) is 6.33 Å². The Morgan fingerprint density at radius 1 is 1.08 bits per heavy atom. The molecular formula is C17H15N7O2. The number of nitrogens with zero attached hydrogens (tertiary/aromatic N) is 6. The minimum Gasteiger partial charge on any atom is -0.432 e. The lowest BCUT2D eigenvalue weighted by Gasteiger charge is -2.27. The number of rotatable bonds is 3. The Bertz CT molecular complexity index is 1060. The van der Waals surface area contributed by atoms with Gasteiger partial charge in [0.1, 0.15) is 11.8 Å². The van der Waals surface area contributed by atoms with E-state index in [9.17, 15) is 0 Å². The van der Waals surface area contributed by atoms with Crippen LogP contribution in [0.25, 0.3) is 22.2 Å². The Hall–Kier alpha value is -3.33. The number of hydrogen-bond donors (Lipinski definition) is 1. The summed E-state index contributed by atoms with van der Waals surface area (Å²) in [6.07, 6.45) is 6.52. The Morgan fingerprint density at radius 2 is 1.92 bits per heavy atom. The summed E-state index contributed by atoms with van der Waals surface area (Å²) in [6.45, 7) is 2.79. The summed E-state index contributed by atoms with van der Waals surface area (Å²) in [5.41, 5.74) is 2.62. The highest BCUT2D eigenvalue weighted by Crippen LogP contribution is 2.33. The van der Waals surface area contributed by atoms with Crippen LogP contribution in [0.2, 0.25) is 0 Å². The van der Waals surface area contributed by atoms with Crippen LogP contribution < -0.4 is 10.2 Å². The minimum absolute atomic E-state index is 0.459. The largest absolute Gasteiger partial charge is 0.432 e. The van der Waals surface area contributed by atoms with Gasteiger partial charge in [0.2, 0.25) is 11.7 Å². The van der Waals surface area contributed by atoms with Gasteiger partial charge in [-0.1, -0.05) is 0 Å². The second kappa shape index (κ2) is 6.19. The smallest absolute Gasteiger partial charge is 0.230 e. The second-order valence-corrected chi connectivity index (χ2v) is 5.86. The Labute approximate surface area is 148 Å². The summed E-state index contributed by atoms with van der Waals surface area (Å²) in [7, 11) is 0. The van der Waals surface area contributed by atoms with Crippen molar-refractivity contribution >= 4 is 39.7 Å². The fourth-order valence-electron chi connectivity index (χ4n) is 3.00. The normalized spacial score (nSPS) is 14.8. The second-order valence-electron chi connectivity index (χ2n) is 5.86. The SMILES string of the molecule is c1cnc2oc3c(N4CCOCC4)nc(Nc4cncnc4)nc3c2c1. The summed E-state index contributed by atoms with van der Waals surface area (Å²) in [5.74, 6) is 1.19. The third-order valence-electron chi connectivity index (χ3n) is 4.20. The van der Waals surface area contributed by atoms with E-state index in [0.29, 0.717) is 36.1 Å². The van der Waals surface area contributed by atoms with Crippen LogP contribution in [0, 0.1) is 0 Å². The van der Waals surface area contributed by atoms with E-state index in [-0.39, 0.29) is 0 Å². The molecule has 0 spiro atoms. The van der Waals surface area contributed by atoms with Crippen molar-refractivity contribution in [3.05, 3.63) is 37.1 Å². The van der Waals surface area contributed by atoms with E-state index in [2.05, 4.69) is 35.1 Å². The van der Waals surface area contributed by atoms with Gasteiger partial charge in [-0.05, 0) is 12.1 Å². The number of furan rings is 1. The molecule has 4 aromatic heterocycles. The molecule has 4 aromatic rings. The summed E-state index contributed by atoms with van der Waals surface area (Å²) in [4.78, 5) is 23.8. The molecule has 9 nitrogen and oxygen atoms in total. The van der Waals surface area contributed by atoms with Gasteiger partial charge in [-0.25, -0.2) is 19.9 Å². The first kappa shape index (κ1) is 15.0. The minimum atomic E-state index is 0.459. The van der Waals surface area contributed by atoms with Gasteiger partial charge in [-0.15, -0.1) is 0 Å². The number of pyridine rings is 1. The molecule has 9 heteroatoms. The fraction of sp³-hybridized carbons (Fsp3) is 0.235. The number of anilines is 3. The average Bonchev–Trinajstić information content (AvgIpc) is 3.08. The molecule has 5 heterocycles. The van der Waals surface area contributed by atoms with Crippen molar-refractivity contribution in [1.82, 2.24) is 24.9 Å². The van der Waals surface area contributed by atoms with E-state index in [0.717, 1.165) is 29.8 Å². The summed E-state index contributed by atoms with van der Waals surface area (Å²) < 4.78 is 11.4. The number of aromatic nitrogens is 5. The van der Waals surface area contributed by atoms with Crippen LogP contribution in [0.4, 0.5) is 17.5 Å². The van der Waals surface area contributed by atoms with Gasteiger partial charge in [-0.3, -0.25) is 0 Å². The third-order valence-corrected chi connectivity index (χ3v) is 4.20. The molecule has 0 atom stereocenters. The van der Waals surface area contributed by atoms with Gasteiger partial charge in [-0.2, -0.15) is 4.98 Å². The fourth-order valence-corrected chi connectivity index (χ4v) is 3.00. The first-order valence-corrected chi connectivity index (χ1v) is 8.28. The molecule has 1 saturated heterocycles. The van der Waals surface area contributed by atoms with Crippen molar-refractivity contribution in [2.75, 3.05) is 36.5 Å². The van der Waals surface area contributed by atoms with Crippen LogP contribution in [-0.2, 0) is 4.74 Å². The first-order valence-electron chi connectivity index (χ1n) is 8.28. The van der Waals surface area contributed by atoms with E-state index in [4.69, 9.17) is 9.15 Å². The van der Waals surface area contributed by atoms with E-state index in [1.54, 1.807) is 18.6 Å². The molecular weight excluding hydrogens is 334 g/mol. The van der Waals surface area contributed by atoms with E-state index < -0.39 is 0 Å². The predicted molar refractivity (Wildman–Crippen MR) is 95.5 cm³/mol. The zero-order valence-electron chi connectivity index (χ0n) is 13.8. The zero-order chi connectivity index (χ0) is 17.3. The highest BCUT2D eigenvalue weighted by Gasteiger charge is 2.22. The quantitative estimate of drug-likeness (QED) is 0.596. The van der Waals surface area contributed by atoms with E-state index >= 15 is 0 Å². The Balaban J connectivity index is 1.69. The molecule has 130 valence electrons. The van der Waals surface area contributed by atoms with Crippen LogP contribution in [0.1, 0.15) is 0 Å². The number of fused-ring (bicyclic) bond motifs is 3. The van der Waals surface area contributed by atoms with Crippen LogP contribution >= 0.6 is 0 Å². The van der Waals surface area contributed by atoms with Gasteiger partial charge in [0, 0.05) is 19.3 Å². The molecule has 0 bridgehead atoms. The molecule has 0 aliphatic carbocycles. The van der Waals surface area contributed by atoms with Crippen LogP contribution in [0.3, 0.4) is 0 Å². The Morgan fingerprint density at radius 3 is 2.77 bits per heavy atom. The molecule has 1 N–H and O–H groups in total. The number of ether oxygens (including phenoxy) is 1. The van der Waals surface area contributed by atoms with Crippen molar-refractivity contribution in [3.8, 4) is 0 Å². The average molecular weight is 349 g/mol. The summed E-state index contributed by atoms with van der Waals surface area (Å²) >= 11 is 0. The molecule has 0 amide bonds. The van der Waals surface area contributed by atoms with E-state index in [1.807, 2.05) is 12.1 Å². The molecule has 0 unspecified atom stereocenters. The first-order chi connectivity index (χ1) is 12.9. The van der Waals surface area contributed by atoms with Crippen molar-refractivity contribution in [3.63, 3.8) is 0 Å². The summed E-state index contributed by atoms with van der Waals surface area (Å²) in [5, 5.41) is 4.02. The maximum absolute atomic E-state index is 5.97. The molecule has 26 heavy (non-hydrogen) atoms. The van der Waals surface area contributed by atoms with Crippen molar-refractivity contribution in [2.45, 2.75) is 0 Å². The number of morpholine rings is 1. The van der Waals surface area contributed by atoms with Gasteiger partial charge in [0.15, 0.2) is 11.4 Å². The van der Waals surface area contributed by atoms with Gasteiger partial charge >= 0.3 is 0 Å². The van der Waals surface area contributed by atoms with Gasteiger partial charge in [0.05, 0.1) is 36.7 Å². The van der Waals surface area contributed by atoms with Crippen LogP contribution in [0.15, 0.2) is 41.5 Å². The molecule has 1 fully saturated rings. The maximum Gasteiger partial charge on any atom is 0.230 e. The topological polar surface area (TPSA) is 102 Å².